The Morgan fingerprint density at radius 1 is 1.06 bits per heavy atom. The molecule has 0 atom stereocenters. The topological polar surface area (TPSA) is 79.0 Å². The maximum Gasteiger partial charge on any atom is 0.241 e. The Bertz CT molecular complexity index is 1000. The molecular weight excluding hydrogens is 426 g/mol. The van der Waals surface area contributed by atoms with E-state index in [1.165, 1.54) is 9.87 Å². The van der Waals surface area contributed by atoms with Gasteiger partial charge in [-0.3, -0.25) is 14.0 Å². The molecule has 2 aromatic rings. The third kappa shape index (κ3) is 6.79. The summed E-state index contributed by atoms with van der Waals surface area (Å²) in [6.07, 6.45) is 1.13. The molecule has 2 aromatic carbocycles. The molecule has 7 nitrogen and oxygen atoms in total. The minimum atomic E-state index is -3.61. The lowest BCUT2D eigenvalue weighted by Crippen LogP contribution is -2.40. The van der Waals surface area contributed by atoms with Crippen molar-refractivity contribution in [3.05, 3.63) is 65.2 Å². The molecule has 0 aromatic heterocycles. The summed E-state index contributed by atoms with van der Waals surface area (Å²) in [6.45, 7) is 8.41. The van der Waals surface area contributed by atoms with Crippen LogP contribution in [0.5, 0.6) is 0 Å². The van der Waals surface area contributed by atoms with Crippen molar-refractivity contribution in [2.24, 2.45) is 0 Å². The van der Waals surface area contributed by atoms with Crippen LogP contribution in [0.4, 0.5) is 5.69 Å². The molecule has 1 N–H and O–H groups in total. The second kappa shape index (κ2) is 10.9. The van der Waals surface area contributed by atoms with Crippen molar-refractivity contribution >= 4 is 21.6 Å². The quantitative estimate of drug-likeness (QED) is 0.624. The first-order valence-corrected chi connectivity index (χ1v) is 12.8. The summed E-state index contributed by atoms with van der Waals surface area (Å²) in [7, 11) is -3.61. The number of hydrogen-bond acceptors (Lipinski definition) is 5. The lowest BCUT2D eigenvalue weighted by molar-refractivity contribution is -0.119. The number of para-hydroxylation sites is 1. The maximum absolute atomic E-state index is 12.6. The van der Waals surface area contributed by atoms with Gasteiger partial charge in [0.05, 0.1) is 25.2 Å². The van der Waals surface area contributed by atoms with Gasteiger partial charge in [0, 0.05) is 26.2 Å². The van der Waals surface area contributed by atoms with Gasteiger partial charge in [-0.1, -0.05) is 56.3 Å². The van der Waals surface area contributed by atoms with E-state index in [4.69, 9.17) is 4.74 Å². The molecule has 1 saturated heterocycles. The Morgan fingerprint density at radius 3 is 2.31 bits per heavy atom. The Kier molecular flexibility index (Phi) is 8.28. The third-order valence-electron chi connectivity index (χ3n) is 5.54. The molecule has 1 aliphatic heterocycles. The molecule has 0 saturated carbocycles. The first-order valence-electron chi connectivity index (χ1n) is 11.0. The molecule has 0 aliphatic carbocycles. The van der Waals surface area contributed by atoms with Crippen molar-refractivity contribution in [1.82, 2.24) is 10.2 Å². The van der Waals surface area contributed by atoms with Crippen molar-refractivity contribution in [1.29, 1.82) is 0 Å². The Balaban J connectivity index is 1.60. The number of benzene rings is 2. The number of carbonyl (C=O) groups is 1. The van der Waals surface area contributed by atoms with Crippen molar-refractivity contribution in [3.63, 3.8) is 0 Å². The van der Waals surface area contributed by atoms with Crippen LogP contribution >= 0.6 is 0 Å². The van der Waals surface area contributed by atoms with Crippen LogP contribution < -0.4 is 9.62 Å². The standard InChI is InChI=1S/C24H33N3O4S/c1-19(2)22-6-4-5-7-23(22)27(32(3,29)30)18-24(28)25-16-20-8-10-21(11-9-20)17-26-12-14-31-15-13-26/h4-11,19H,12-18H2,1-3H3,(H,25,28). The zero-order valence-electron chi connectivity index (χ0n) is 19.1. The smallest absolute Gasteiger partial charge is 0.241 e. The van der Waals surface area contributed by atoms with Crippen LogP contribution in [0.15, 0.2) is 48.5 Å². The average Bonchev–Trinajstić information content (AvgIpc) is 2.77. The highest BCUT2D eigenvalue weighted by atomic mass is 32.2. The van der Waals surface area contributed by atoms with E-state index < -0.39 is 10.0 Å². The van der Waals surface area contributed by atoms with Gasteiger partial charge < -0.3 is 10.1 Å². The second-order valence-electron chi connectivity index (χ2n) is 8.46. The molecule has 8 heteroatoms. The number of anilines is 1. The van der Waals surface area contributed by atoms with Crippen molar-refractivity contribution in [3.8, 4) is 0 Å². The summed E-state index contributed by atoms with van der Waals surface area (Å²) in [4.78, 5) is 15.0. The zero-order valence-corrected chi connectivity index (χ0v) is 19.9. The second-order valence-corrected chi connectivity index (χ2v) is 10.4. The van der Waals surface area contributed by atoms with E-state index in [0.29, 0.717) is 12.2 Å². The number of morpholine rings is 1. The third-order valence-corrected chi connectivity index (χ3v) is 6.66. The minimum absolute atomic E-state index is 0.134. The summed E-state index contributed by atoms with van der Waals surface area (Å²) in [5.41, 5.74) is 3.63. The molecule has 1 fully saturated rings. The van der Waals surface area contributed by atoms with Gasteiger partial charge in [-0.15, -0.1) is 0 Å². The number of nitrogens with zero attached hydrogens (tertiary/aromatic N) is 2. The minimum Gasteiger partial charge on any atom is -0.379 e. The molecule has 174 valence electrons. The van der Waals surface area contributed by atoms with Crippen LogP contribution in [-0.4, -0.2) is 58.3 Å². The van der Waals surface area contributed by atoms with E-state index in [9.17, 15) is 13.2 Å². The maximum atomic E-state index is 12.6. The molecule has 1 heterocycles. The summed E-state index contributed by atoms with van der Waals surface area (Å²) < 4.78 is 31.5. The largest absolute Gasteiger partial charge is 0.379 e. The van der Waals surface area contributed by atoms with Gasteiger partial charge in [-0.2, -0.15) is 0 Å². The van der Waals surface area contributed by atoms with E-state index in [0.717, 1.165) is 50.2 Å². The van der Waals surface area contributed by atoms with Crippen molar-refractivity contribution in [2.45, 2.75) is 32.9 Å². The summed E-state index contributed by atoms with van der Waals surface area (Å²) in [5.74, 6) is -0.208. The monoisotopic (exact) mass is 459 g/mol. The number of nitrogens with one attached hydrogen (secondary N) is 1. The molecule has 0 spiro atoms. The molecule has 0 bridgehead atoms. The van der Waals surface area contributed by atoms with Gasteiger partial charge in [0.2, 0.25) is 15.9 Å². The van der Waals surface area contributed by atoms with E-state index >= 15 is 0 Å². The van der Waals surface area contributed by atoms with Gasteiger partial charge in [0.25, 0.3) is 0 Å². The van der Waals surface area contributed by atoms with Crippen LogP contribution in [0, 0.1) is 0 Å². The van der Waals surface area contributed by atoms with Crippen LogP contribution in [0.3, 0.4) is 0 Å². The van der Waals surface area contributed by atoms with Crippen LogP contribution in [-0.2, 0) is 32.6 Å². The lowest BCUT2D eigenvalue weighted by atomic mass is 10.0. The lowest BCUT2D eigenvalue weighted by Gasteiger charge is -2.26. The van der Waals surface area contributed by atoms with Crippen LogP contribution in [0.25, 0.3) is 0 Å². The highest BCUT2D eigenvalue weighted by Gasteiger charge is 2.23. The van der Waals surface area contributed by atoms with Gasteiger partial charge in [-0.05, 0) is 28.7 Å². The van der Waals surface area contributed by atoms with E-state index in [-0.39, 0.29) is 18.4 Å². The Morgan fingerprint density at radius 2 is 1.69 bits per heavy atom. The Hall–Kier alpha value is -2.42. The van der Waals surface area contributed by atoms with Crippen molar-refractivity contribution in [2.75, 3.05) is 43.4 Å². The van der Waals surface area contributed by atoms with E-state index in [2.05, 4.69) is 22.3 Å². The number of sulfonamides is 1. The predicted octanol–water partition coefficient (Wildman–Crippen LogP) is 2.72. The number of ether oxygens (including phenoxy) is 1. The SMILES string of the molecule is CC(C)c1ccccc1N(CC(=O)NCc1ccc(CN2CCOCC2)cc1)S(C)(=O)=O. The number of amides is 1. The van der Waals surface area contributed by atoms with Crippen LogP contribution in [0.2, 0.25) is 0 Å². The van der Waals surface area contributed by atoms with Gasteiger partial charge in [0.1, 0.15) is 6.54 Å². The molecule has 1 aliphatic rings. The fourth-order valence-electron chi connectivity index (χ4n) is 3.75. The number of rotatable bonds is 9. The number of carbonyl (C=O) groups excluding carboxylic acids is 1. The molecule has 1 amide bonds. The highest BCUT2D eigenvalue weighted by molar-refractivity contribution is 7.92. The Labute approximate surface area is 191 Å². The first-order chi connectivity index (χ1) is 15.2. The molecule has 0 radical (unpaired) electrons. The van der Waals surface area contributed by atoms with Crippen molar-refractivity contribution < 1.29 is 17.9 Å². The zero-order chi connectivity index (χ0) is 23.1. The molecule has 3 rings (SSSR count). The summed E-state index contributed by atoms with van der Waals surface area (Å²) in [6, 6.07) is 15.4. The summed E-state index contributed by atoms with van der Waals surface area (Å²) >= 11 is 0. The van der Waals surface area contributed by atoms with E-state index in [1.54, 1.807) is 12.1 Å². The highest BCUT2D eigenvalue weighted by Crippen LogP contribution is 2.28. The van der Waals surface area contributed by atoms with Gasteiger partial charge in [0.15, 0.2) is 0 Å². The van der Waals surface area contributed by atoms with Gasteiger partial charge in [-0.25, -0.2) is 8.42 Å². The van der Waals surface area contributed by atoms with E-state index in [1.807, 2.05) is 38.1 Å². The summed E-state index contributed by atoms with van der Waals surface area (Å²) in [5, 5.41) is 2.85. The first kappa shape index (κ1) is 24.2. The molecule has 32 heavy (non-hydrogen) atoms. The number of hydrogen-bond donors (Lipinski definition) is 1. The molecule has 0 unspecified atom stereocenters. The fourth-order valence-corrected chi connectivity index (χ4v) is 4.63. The normalized spacial score (nSPS) is 15.0. The van der Waals surface area contributed by atoms with Crippen LogP contribution in [0.1, 0.15) is 36.5 Å². The van der Waals surface area contributed by atoms with Gasteiger partial charge >= 0.3 is 0 Å². The average molecular weight is 460 g/mol. The molecular formula is C24H33N3O4S. The fraction of sp³-hybridized carbons (Fsp3) is 0.458. The predicted molar refractivity (Wildman–Crippen MR) is 127 cm³/mol.